The summed E-state index contributed by atoms with van der Waals surface area (Å²) < 4.78 is 17.1. The van der Waals surface area contributed by atoms with E-state index in [0.717, 1.165) is 22.4 Å². The van der Waals surface area contributed by atoms with Crippen LogP contribution in [0.25, 0.3) is 0 Å². The van der Waals surface area contributed by atoms with Gasteiger partial charge in [0.15, 0.2) is 11.5 Å². The van der Waals surface area contributed by atoms with Crippen LogP contribution in [0.5, 0.6) is 11.5 Å². The fourth-order valence-corrected chi connectivity index (χ4v) is 4.86. The minimum absolute atomic E-state index is 0.225. The lowest BCUT2D eigenvalue weighted by Gasteiger charge is -2.44. The van der Waals surface area contributed by atoms with Gasteiger partial charge in [0.2, 0.25) is 0 Å². The Kier molecular flexibility index (Phi) is 8.10. The lowest BCUT2D eigenvalue weighted by Crippen LogP contribution is -2.52. The number of anilines is 1. The topological polar surface area (TPSA) is 60.0 Å². The zero-order valence-corrected chi connectivity index (χ0v) is 23.2. The van der Waals surface area contributed by atoms with E-state index in [9.17, 15) is 4.79 Å². The number of nitrogens with one attached hydrogen (secondary N) is 1. The Morgan fingerprint density at radius 1 is 0.946 bits per heavy atom. The summed E-state index contributed by atoms with van der Waals surface area (Å²) >= 11 is 12.3. The van der Waals surface area contributed by atoms with Gasteiger partial charge in [-0.25, -0.2) is 4.79 Å². The lowest BCUT2D eigenvalue weighted by atomic mass is 9.84. The molecule has 8 heteroatoms. The molecular weight excluding hydrogens is 511 g/mol. The number of rotatable bonds is 6. The monoisotopic (exact) mass is 542 g/mol. The number of hydrogen-bond acceptors (Lipinski definition) is 5. The van der Waals surface area contributed by atoms with Gasteiger partial charge in [0.25, 0.3) is 0 Å². The zero-order chi connectivity index (χ0) is 26.7. The maximum Gasteiger partial charge on any atom is 0.411 e. The quantitative estimate of drug-likeness (QED) is 0.352. The summed E-state index contributed by atoms with van der Waals surface area (Å²) in [6.45, 7) is 6.11. The largest absolute Gasteiger partial charge is 0.493 e. The van der Waals surface area contributed by atoms with Crippen molar-refractivity contribution in [3.63, 3.8) is 0 Å². The molecule has 1 amide bonds. The number of carbonyl (C=O) groups is 1. The van der Waals surface area contributed by atoms with E-state index in [0.29, 0.717) is 34.5 Å². The molecule has 196 valence electrons. The first-order valence-electron chi connectivity index (χ1n) is 12.1. The number of methoxy groups -OCH3 is 2. The van der Waals surface area contributed by atoms with Crippen molar-refractivity contribution in [1.82, 2.24) is 4.90 Å². The molecule has 0 spiro atoms. The van der Waals surface area contributed by atoms with Gasteiger partial charge in [0.1, 0.15) is 5.60 Å². The molecule has 0 fully saturated rings. The van der Waals surface area contributed by atoms with Crippen LogP contribution in [0.1, 0.15) is 43.5 Å². The first-order valence-corrected chi connectivity index (χ1v) is 12.9. The van der Waals surface area contributed by atoms with E-state index in [1.54, 1.807) is 14.2 Å². The van der Waals surface area contributed by atoms with Crippen LogP contribution in [0.15, 0.2) is 60.7 Å². The van der Waals surface area contributed by atoms with Crippen molar-refractivity contribution in [2.75, 3.05) is 26.1 Å². The van der Waals surface area contributed by atoms with Gasteiger partial charge in [-0.15, -0.1) is 0 Å². The van der Waals surface area contributed by atoms with Gasteiger partial charge in [-0.2, -0.15) is 0 Å². The van der Waals surface area contributed by atoms with Gasteiger partial charge >= 0.3 is 6.09 Å². The maximum atomic E-state index is 13.8. The molecule has 0 saturated heterocycles. The van der Waals surface area contributed by atoms with Crippen molar-refractivity contribution >= 4 is 35.0 Å². The highest BCUT2D eigenvalue weighted by atomic mass is 35.5. The van der Waals surface area contributed by atoms with Crippen LogP contribution in [-0.2, 0) is 11.2 Å². The second-order valence-corrected chi connectivity index (χ2v) is 10.9. The summed E-state index contributed by atoms with van der Waals surface area (Å²) in [7, 11) is 3.23. The fourth-order valence-electron chi connectivity index (χ4n) is 4.61. The molecule has 3 aromatic carbocycles. The number of hydrogen-bond donors (Lipinski definition) is 1. The van der Waals surface area contributed by atoms with Crippen LogP contribution in [0.4, 0.5) is 10.5 Å². The second-order valence-electron chi connectivity index (χ2n) is 9.99. The van der Waals surface area contributed by atoms with E-state index in [1.807, 2.05) is 86.3 Å². The van der Waals surface area contributed by atoms with Crippen molar-refractivity contribution in [3.05, 3.63) is 87.4 Å². The smallest absolute Gasteiger partial charge is 0.411 e. The summed E-state index contributed by atoms with van der Waals surface area (Å²) in [6, 6.07) is 18.4. The van der Waals surface area contributed by atoms with Crippen molar-refractivity contribution in [3.8, 4) is 11.5 Å². The number of benzene rings is 3. The second kappa shape index (κ2) is 11.1. The molecule has 6 nitrogen and oxygen atoms in total. The first kappa shape index (κ1) is 27.0. The molecule has 0 saturated carbocycles. The summed E-state index contributed by atoms with van der Waals surface area (Å²) in [4.78, 5) is 15.6. The van der Waals surface area contributed by atoms with Crippen LogP contribution in [0, 0.1) is 0 Å². The summed E-state index contributed by atoms with van der Waals surface area (Å²) in [6.07, 6.45) is 0.204. The third kappa shape index (κ3) is 6.25. The van der Waals surface area contributed by atoms with Crippen LogP contribution in [0.2, 0.25) is 10.0 Å². The highest BCUT2D eigenvalue weighted by molar-refractivity contribution is 6.30. The summed E-state index contributed by atoms with van der Waals surface area (Å²) in [5, 5.41) is 4.75. The van der Waals surface area contributed by atoms with Gasteiger partial charge in [0, 0.05) is 22.3 Å². The lowest BCUT2D eigenvalue weighted by molar-refractivity contribution is 0.00740. The number of carbonyl (C=O) groups excluding carboxylic acids is 1. The van der Waals surface area contributed by atoms with Gasteiger partial charge < -0.3 is 19.5 Å². The predicted molar refractivity (Wildman–Crippen MR) is 148 cm³/mol. The molecule has 1 heterocycles. The van der Waals surface area contributed by atoms with E-state index < -0.39 is 17.7 Å². The van der Waals surface area contributed by atoms with Gasteiger partial charge in [-0.1, -0.05) is 35.3 Å². The van der Waals surface area contributed by atoms with E-state index in [1.165, 1.54) is 0 Å². The molecule has 0 bridgehead atoms. The summed E-state index contributed by atoms with van der Waals surface area (Å²) in [5.41, 5.74) is 3.19. The number of fused-ring (bicyclic) bond motifs is 1. The first-order chi connectivity index (χ1) is 17.6. The van der Waals surface area contributed by atoms with Crippen LogP contribution < -0.4 is 14.8 Å². The van der Waals surface area contributed by atoms with Crippen LogP contribution in [0.3, 0.4) is 0 Å². The Labute approximate surface area is 228 Å². The molecular formula is C29H32Cl2N2O4. The molecule has 1 N–H and O–H groups in total. The third-order valence-corrected chi connectivity index (χ3v) is 6.75. The minimum atomic E-state index is -0.659. The molecule has 4 rings (SSSR count). The highest BCUT2D eigenvalue weighted by Crippen LogP contribution is 2.43. The Balaban J connectivity index is 1.83. The SMILES string of the molecule is COc1cc2c(cc1OC)[C@H](c1ccc(Cl)cc1)N(C(=O)OC(C)(C)C)[C@H](CNc1ccc(Cl)cc1)C2. The van der Waals surface area contributed by atoms with E-state index >= 15 is 0 Å². The Bertz CT molecular complexity index is 1240. The standard InChI is InChI=1S/C29H32Cl2N2O4/c1-29(2,3)37-28(34)33-23(17-32-22-12-10-21(31)11-13-22)14-19-15-25(35-4)26(36-5)16-24(19)27(33)18-6-8-20(30)9-7-18/h6-13,15-16,23,27,32H,14,17H2,1-5H3/t23-,27-/m0/s1. The highest BCUT2D eigenvalue weighted by Gasteiger charge is 2.41. The number of nitrogens with zero attached hydrogens (tertiary/aromatic N) is 1. The predicted octanol–water partition coefficient (Wildman–Crippen LogP) is 7.37. The fraction of sp³-hybridized carbons (Fsp3) is 0.345. The van der Waals surface area contributed by atoms with Crippen molar-refractivity contribution in [2.24, 2.45) is 0 Å². The third-order valence-electron chi connectivity index (χ3n) is 6.24. The number of ether oxygens (including phenoxy) is 3. The molecule has 1 aliphatic heterocycles. The van der Waals surface area contributed by atoms with E-state index in [-0.39, 0.29) is 6.04 Å². The number of halogens is 2. The molecule has 0 aromatic heterocycles. The Morgan fingerprint density at radius 3 is 2.08 bits per heavy atom. The van der Waals surface area contributed by atoms with Crippen LogP contribution >= 0.6 is 23.2 Å². The maximum absolute atomic E-state index is 13.8. The Hall–Kier alpha value is -3.09. The van der Waals surface area contributed by atoms with Gasteiger partial charge in [0.05, 0.1) is 26.3 Å². The van der Waals surface area contributed by atoms with E-state index in [4.69, 9.17) is 37.4 Å². The average Bonchev–Trinajstić information content (AvgIpc) is 2.86. The Morgan fingerprint density at radius 2 is 1.51 bits per heavy atom. The summed E-state index contributed by atoms with van der Waals surface area (Å²) in [5.74, 6) is 1.24. The minimum Gasteiger partial charge on any atom is -0.493 e. The molecule has 0 aliphatic carbocycles. The van der Waals surface area contributed by atoms with Crippen LogP contribution in [-0.4, -0.2) is 43.4 Å². The average molecular weight is 543 g/mol. The van der Waals surface area contributed by atoms with Crippen molar-refractivity contribution < 1.29 is 19.0 Å². The van der Waals surface area contributed by atoms with E-state index in [2.05, 4.69) is 5.32 Å². The van der Waals surface area contributed by atoms with Gasteiger partial charge in [-0.3, -0.25) is 4.90 Å². The molecule has 37 heavy (non-hydrogen) atoms. The van der Waals surface area contributed by atoms with Gasteiger partial charge in [-0.05, 0) is 92.4 Å². The van der Waals surface area contributed by atoms with Crippen molar-refractivity contribution in [2.45, 2.75) is 44.9 Å². The molecule has 1 aliphatic rings. The number of amides is 1. The molecule has 3 aromatic rings. The molecule has 2 atom stereocenters. The zero-order valence-electron chi connectivity index (χ0n) is 21.7. The molecule has 0 radical (unpaired) electrons. The van der Waals surface area contributed by atoms with Crippen molar-refractivity contribution in [1.29, 1.82) is 0 Å². The normalized spacial score (nSPS) is 17.1. The molecule has 0 unspecified atom stereocenters.